The fourth-order valence-corrected chi connectivity index (χ4v) is 11.0. The highest BCUT2D eigenvalue weighted by Gasteiger charge is 2.45. The lowest BCUT2D eigenvalue weighted by molar-refractivity contribution is -0.141. The SMILES string of the molecule is Cc1ncsc1-c1ccc([C@H](C)NC(=O)[C@@H]2C[C@@H](O)CN2C(=O)[C@H](c2cc(OCc3ncsc3-c3ccc([C@H](C)NC(=O)[C@@H]4C[C@@H](O)CN4C(=O)[C@@H](c4cc(=O)[nH]o4)C(C)C)cc3)no2)C(C)C)cc1. The van der Waals surface area contributed by atoms with Gasteiger partial charge in [0.1, 0.15) is 30.5 Å². The average molecular weight is 995 g/mol. The van der Waals surface area contributed by atoms with Crippen LogP contribution in [0.1, 0.15) is 112 Å². The summed E-state index contributed by atoms with van der Waals surface area (Å²) in [5, 5.41) is 33.7. The fraction of sp³-hybridized carbons (Fsp3) is 0.440. The molecule has 370 valence electrons. The van der Waals surface area contributed by atoms with Crippen molar-refractivity contribution >= 4 is 46.3 Å². The molecular formula is C50H58N8O10S2. The number of β-amino-alcohol motifs (C(OH)–C–C–N with tert-alkyl or cyclic N) is 2. The van der Waals surface area contributed by atoms with Crippen molar-refractivity contribution in [3.63, 3.8) is 0 Å². The summed E-state index contributed by atoms with van der Waals surface area (Å²) >= 11 is 3.00. The van der Waals surface area contributed by atoms with Crippen LogP contribution in [0.5, 0.6) is 5.88 Å². The van der Waals surface area contributed by atoms with E-state index in [2.05, 4.69) is 30.9 Å². The van der Waals surface area contributed by atoms with Gasteiger partial charge in [0.15, 0.2) is 11.5 Å². The number of H-pyrrole nitrogens is 1. The first kappa shape index (κ1) is 49.9. The van der Waals surface area contributed by atoms with Gasteiger partial charge in [0.05, 0.1) is 56.5 Å². The van der Waals surface area contributed by atoms with Crippen molar-refractivity contribution in [3.8, 4) is 26.8 Å². The Bertz CT molecular complexity index is 2850. The van der Waals surface area contributed by atoms with Gasteiger partial charge in [0.25, 0.3) is 11.4 Å². The molecule has 0 aliphatic carbocycles. The van der Waals surface area contributed by atoms with Gasteiger partial charge in [-0.25, -0.2) is 9.97 Å². The van der Waals surface area contributed by atoms with E-state index in [0.717, 1.165) is 37.7 Å². The molecule has 2 aliphatic rings. The van der Waals surface area contributed by atoms with Crippen LogP contribution in [0.25, 0.3) is 20.9 Å². The van der Waals surface area contributed by atoms with Crippen LogP contribution in [0.4, 0.5) is 0 Å². The van der Waals surface area contributed by atoms with Crippen LogP contribution >= 0.6 is 22.7 Å². The quantitative estimate of drug-likeness (QED) is 0.0680. The first-order valence-electron chi connectivity index (χ1n) is 23.4. The molecule has 0 radical (unpaired) electrons. The largest absolute Gasteiger partial charge is 0.469 e. The number of likely N-dealkylation sites (tertiary alicyclic amines) is 2. The average Bonchev–Trinajstić information content (AvgIpc) is 4.20. The number of carbonyl (C=O) groups excluding carboxylic acids is 4. The van der Waals surface area contributed by atoms with Crippen LogP contribution in [0.3, 0.4) is 0 Å². The Morgan fingerprint density at radius 2 is 1.24 bits per heavy atom. The highest BCUT2D eigenvalue weighted by molar-refractivity contribution is 7.13. The minimum absolute atomic E-state index is 0.000557. The Morgan fingerprint density at radius 1 is 0.743 bits per heavy atom. The van der Waals surface area contributed by atoms with E-state index in [4.69, 9.17) is 13.8 Å². The third-order valence-electron chi connectivity index (χ3n) is 13.1. The number of rotatable bonds is 17. The summed E-state index contributed by atoms with van der Waals surface area (Å²) in [7, 11) is 0. The number of aliphatic hydroxyl groups excluding tert-OH is 2. The smallest absolute Gasteiger partial charge is 0.280 e. The molecule has 18 nitrogen and oxygen atoms in total. The summed E-state index contributed by atoms with van der Waals surface area (Å²) < 4.78 is 17.0. The number of hydrogen-bond acceptors (Lipinski definition) is 15. The van der Waals surface area contributed by atoms with Crippen molar-refractivity contribution in [2.24, 2.45) is 11.8 Å². The number of aromatic amines is 1. The predicted octanol–water partition coefficient (Wildman–Crippen LogP) is 6.25. The Kier molecular flexibility index (Phi) is 15.2. The Balaban J connectivity index is 0.870. The van der Waals surface area contributed by atoms with Crippen molar-refractivity contribution in [1.29, 1.82) is 0 Å². The lowest BCUT2D eigenvalue weighted by Crippen LogP contribution is -2.48. The molecule has 4 aromatic heterocycles. The number of aryl methyl sites for hydroxylation is 1. The van der Waals surface area contributed by atoms with Crippen LogP contribution in [-0.4, -0.2) is 101 Å². The first-order valence-corrected chi connectivity index (χ1v) is 25.1. The van der Waals surface area contributed by atoms with Crippen LogP contribution in [-0.2, 0) is 25.8 Å². The molecule has 2 aliphatic heterocycles. The third kappa shape index (κ3) is 10.8. The van der Waals surface area contributed by atoms with Crippen molar-refractivity contribution < 1.29 is 43.2 Å². The topological polar surface area (TPSA) is 246 Å². The first-order chi connectivity index (χ1) is 33.5. The van der Waals surface area contributed by atoms with E-state index in [1.54, 1.807) is 22.9 Å². The highest BCUT2D eigenvalue weighted by Crippen LogP contribution is 2.36. The number of thiazole rings is 2. The maximum atomic E-state index is 14.3. The summed E-state index contributed by atoms with van der Waals surface area (Å²) in [6.45, 7) is 13.1. The number of amides is 4. The van der Waals surface area contributed by atoms with Crippen LogP contribution < -0.4 is 20.9 Å². The van der Waals surface area contributed by atoms with Crippen molar-refractivity contribution in [2.45, 2.75) is 116 Å². The van der Waals surface area contributed by atoms with E-state index >= 15 is 0 Å². The molecule has 6 aromatic rings. The lowest BCUT2D eigenvalue weighted by Gasteiger charge is -2.29. The van der Waals surface area contributed by atoms with Crippen molar-refractivity contribution in [3.05, 3.63) is 116 Å². The van der Waals surface area contributed by atoms with Gasteiger partial charge in [0.2, 0.25) is 23.6 Å². The molecular weight excluding hydrogens is 937 g/mol. The van der Waals surface area contributed by atoms with Crippen LogP contribution in [0.2, 0.25) is 0 Å². The van der Waals surface area contributed by atoms with Gasteiger partial charge in [-0.15, -0.1) is 22.7 Å². The molecule has 0 spiro atoms. The van der Waals surface area contributed by atoms with E-state index in [0.29, 0.717) is 5.69 Å². The predicted molar refractivity (Wildman–Crippen MR) is 261 cm³/mol. The third-order valence-corrected chi connectivity index (χ3v) is 15.0. The monoisotopic (exact) mass is 994 g/mol. The number of nitrogens with zero attached hydrogens (tertiary/aromatic N) is 5. The van der Waals surface area contributed by atoms with Crippen LogP contribution in [0.15, 0.2) is 85.5 Å². The van der Waals surface area contributed by atoms with Gasteiger partial charge in [0, 0.05) is 38.1 Å². The second-order valence-electron chi connectivity index (χ2n) is 18.8. The summed E-state index contributed by atoms with van der Waals surface area (Å²) in [5.74, 6) is -3.05. The number of benzene rings is 2. The summed E-state index contributed by atoms with van der Waals surface area (Å²) in [4.78, 5) is 80.9. The minimum Gasteiger partial charge on any atom is -0.469 e. The zero-order valence-corrected chi connectivity index (χ0v) is 41.6. The number of nitrogens with one attached hydrogen (secondary N) is 3. The normalized spacial score (nSPS) is 19.9. The van der Waals surface area contributed by atoms with Crippen molar-refractivity contribution in [2.75, 3.05) is 13.1 Å². The van der Waals surface area contributed by atoms with Gasteiger partial charge in [-0.05, 0) is 60.0 Å². The van der Waals surface area contributed by atoms with E-state index in [1.807, 2.05) is 103 Å². The van der Waals surface area contributed by atoms with Crippen molar-refractivity contribution in [1.82, 2.24) is 40.7 Å². The van der Waals surface area contributed by atoms with Crippen LogP contribution in [0, 0.1) is 18.8 Å². The Hall–Kier alpha value is -6.48. The molecule has 5 N–H and O–H groups in total. The zero-order chi connectivity index (χ0) is 50.0. The molecule has 4 amide bonds. The Morgan fingerprint density at radius 3 is 1.73 bits per heavy atom. The summed E-state index contributed by atoms with van der Waals surface area (Å²) in [6, 6.07) is 15.8. The minimum atomic E-state index is -0.914. The highest BCUT2D eigenvalue weighted by atomic mass is 32.1. The molecule has 2 saturated heterocycles. The molecule has 20 heteroatoms. The number of hydrogen-bond donors (Lipinski definition) is 5. The van der Waals surface area contributed by atoms with E-state index in [-0.39, 0.29) is 79.6 Å². The fourth-order valence-electron chi connectivity index (χ4n) is 9.34. The molecule has 0 saturated carbocycles. The molecule has 6 heterocycles. The molecule has 8 atom stereocenters. The Labute approximate surface area is 412 Å². The maximum absolute atomic E-state index is 14.3. The second kappa shape index (κ2) is 21.3. The number of ether oxygens (including phenoxy) is 1. The second-order valence-corrected chi connectivity index (χ2v) is 20.5. The number of aliphatic hydroxyl groups is 2. The van der Waals surface area contributed by atoms with E-state index in [1.165, 1.54) is 27.2 Å². The molecule has 70 heavy (non-hydrogen) atoms. The molecule has 0 unspecified atom stereocenters. The number of carbonyl (C=O) groups is 4. The maximum Gasteiger partial charge on any atom is 0.280 e. The standard InChI is InChI=1S/C50H58N8O10S2/c1-25(2)43(39-18-41(61)55-67-39)49(64)57-20-34(59)16-37(57)47(62)54-28(6)31-10-14-33(15-11-31)46-36(52-24-70-46)22-66-42-19-40(68-56-42)44(26(3)4)50(65)58-21-35(60)17-38(58)48(63)53-27(5)30-8-12-32(13-9-30)45-29(7)51-23-69-45/h8-15,18-19,23-28,34-35,37-38,43-44,59-60H,16-17,20-22H2,1-7H3,(H,53,63)(H,54,62)(H,55,61)/t27-,28-,34+,35+,37-,38-,43+,44-/m0/s1. The summed E-state index contributed by atoms with van der Waals surface area (Å²) in [6.07, 6.45) is -1.59. The van der Waals surface area contributed by atoms with Gasteiger partial charge >= 0.3 is 0 Å². The van der Waals surface area contributed by atoms with E-state index < -0.39 is 59.5 Å². The summed E-state index contributed by atoms with van der Waals surface area (Å²) in [5.41, 5.74) is 8.27. The van der Waals surface area contributed by atoms with Gasteiger partial charge < -0.3 is 44.4 Å². The van der Waals surface area contributed by atoms with Gasteiger partial charge in [-0.3, -0.25) is 24.0 Å². The van der Waals surface area contributed by atoms with Gasteiger partial charge in [-0.1, -0.05) is 76.2 Å². The molecule has 0 bridgehead atoms. The molecule has 2 fully saturated rings. The molecule has 2 aromatic carbocycles. The van der Waals surface area contributed by atoms with Gasteiger partial charge in [-0.2, -0.15) is 5.16 Å². The van der Waals surface area contributed by atoms with E-state index in [9.17, 15) is 34.2 Å². The molecule has 8 rings (SSSR count). The lowest BCUT2D eigenvalue weighted by atomic mass is 9.91. The zero-order valence-electron chi connectivity index (χ0n) is 40.0. The number of aromatic nitrogens is 4.